The molecule has 1 N–H and O–H groups in total. The molecular formula is C31H41ClN4O2. The molecule has 0 spiro atoms. The summed E-state index contributed by atoms with van der Waals surface area (Å²) >= 11 is 6.12. The molecule has 6 nitrogen and oxygen atoms in total. The third kappa shape index (κ3) is 6.08. The summed E-state index contributed by atoms with van der Waals surface area (Å²) in [5, 5.41) is 4.45. The number of piperazine rings is 1. The van der Waals surface area contributed by atoms with E-state index in [4.69, 9.17) is 11.6 Å². The van der Waals surface area contributed by atoms with Gasteiger partial charge in [-0.2, -0.15) is 0 Å². The second-order valence-corrected chi connectivity index (χ2v) is 11.8. The van der Waals surface area contributed by atoms with Gasteiger partial charge in [0.15, 0.2) is 0 Å². The van der Waals surface area contributed by atoms with Gasteiger partial charge in [-0.3, -0.25) is 14.5 Å². The Morgan fingerprint density at radius 3 is 2.24 bits per heavy atom. The van der Waals surface area contributed by atoms with Crippen LogP contribution in [-0.4, -0.2) is 77.9 Å². The van der Waals surface area contributed by atoms with Crippen LogP contribution in [-0.2, 0) is 16.1 Å². The Kier molecular flexibility index (Phi) is 8.71. The van der Waals surface area contributed by atoms with Gasteiger partial charge >= 0.3 is 0 Å². The van der Waals surface area contributed by atoms with Gasteiger partial charge in [0.25, 0.3) is 0 Å². The number of amides is 2. The van der Waals surface area contributed by atoms with Gasteiger partial charge in [-0.1, -0.05) is 73.3 Å². The molecule has 38 heavy (non-hydrogen) atoms. The van der Waals surface area contributed by atoms with Crippen LogP contribution in [0.5, 0.6) is 0 Å². The van der Waals surface area contributed by atoms with E-state index in [-0.39, 0.29) is 29.2 Å². The summed E-state index contributed by atoms with van der Waals surface area (Å²) in [4.78, 5) is 32.6. The van der Waals surface area contributed by atoms with Gasteiger partial charge < -0.3 is 15.1 Å². The monoisotopic (exact) mass is 536 g/mol. The predicted octanol–water partition coefficient (Wildman–Crippen LogP) is 4.54. The molecule has 2 heterocycles. The molecule has 1 aliphatic carbocycles. The minimum atomic E-state index is -0.206. The number of carbonyl (C=O) groups excluding carboxylic acids is 2. The van der Waals surface area contributed by atoms with Crippen molar-refractivity contribution in [2.45, 2.75) is 57.0 Å². The standard InChI is InChI=1S/C31H41ClN4O2/c1-24(37)35-21-28(26-10-12-27(32)13-11-26)29(22-35)30(38)34-16-18-36(19-17-34)31(14-6-3-7-15-31)23-33-20-25-8-4-2-5-9-25/h2,4-5,8-13,28-29,33H,3,6-7,14-23H2,1H3/t28-,29+/m1/s1. The predicted molar refractivity (Wildman–Crippen MR) is 152 cm³/mol. The van der Waals surface area contributed by atoms with E-state index in [0.717, 1.165) is 44.8 Å². The molecule has 204 valence electrons. The molecule has 0 radical (unpaired) electrons. The van der Waals surface area contributed by atoms with E-state index in [2.05, 4.69) is 45.4 Å². The zero-order chi connectivity index (χ0) is 26.5. The first-order valence-corrected chi connectivity index (χ1v) is 14.6. The van der Waals surface area contributed by atoms with E-state index in [1.54, 1.807) is 6.92 Å². The van der Waals surface area contributed by atoms with Gasteiger partial charge in [-0.15, -0.1) is 0 Å². The smallest absolute Gasteiger partial charge is 0.228 e. The minimum absolute atomic E-state index is 0.00793. The normalized spacial score (nSPS) is 23.9. The zero-order valence-electron chi connectivity index (χ0n) is 22.6. The Labute approximate surface area is 232 Å². The van der Waals surface area contributed by atoms with Gasteiger partial charge in [-0.25, -0.2) is 0 Å². The molecule has 5 rings (SSSR count). The first-order valence-electron chi connectivity index (χ1n) is 14.2. The lowest BCUT2D eigenvalue weighted by Crippen LogP contribution is -2.62. The van der Waals surface area contributed by atoms with Crippen molar-refractivity contribution in [2.24, 2.45) is 5.92 Å². The van der Waals surface area contributed by atoms with E-state index in [0.29, 0.717) is 18.1 Å². The number of benzene rings is 2. The molecule has 2 aromatic rings. The number of hydrogen-bond acceptors (Lipinski definition) is 4. The number of likely N-dealkylation sites (tertiary alicyclic amines) is 1. The van der Waals surface area contributed by atoms with E-state index < -0.39 is 0 Å². The Balaban J connectivity index is 1.23. The molecule has 2 aliphatic heterocycles. The maximum Gasteiger partial charge on any atom is 0.228 e. The maximum absolute atomic E-state index is 13.8. The fourth-order valence-corrected chi connectivity index (χ4v) is 6.97. The average Bonchev–Trinajstić information content (AvgIpc) is 3.40. The summed E-state index contributed by atoms with van der Waals surface area (Å²) in [6, 6.07) is 18.4. The van der Waals surface area contributed by atoms with Crippen LogP contribution in [0, 0.1) is 5.92 Å². The lowest BCUT2D eigenvalue weighted by Gasteiger charge is -2.50. The summed E-state index contributed by atoms with van der Waals surface area (Å²) in [6.07, 6.45) is 6.31. The first kappa shape index (κ1) is 27.2. The highest BCUT2D eigenvalue weighted by atomic mass is 35.5. The van der Waals surface area contributed by atoms with Gasteiger partial charge in [0.2, 0.25) is 11.8 Å². The van der Waals surface area contributed by atoms with Crippen LogP contribution in [0.15, 0.2) is 54.6 Å². The van der Waals surface area contributed by atoms with Crippen molar-refractivity contribution in [1.29, 1.82) is 0 Å². The number of rotatable bonds is 7. The molecule has 2 aromatic carbocycles. The van der Waals surface area contributed by atoms with Crippen molar-refractivity contribution in [1.82, 2.24) is 20.0 Å². The van der Waals surface area contributed by atoms with E-state index >= 15 is 0 Å². The molecule has 3 fully saturated rings. The van der Waals surface area contributed by atoms with Crippen LogP contribution < -0.4 is 5.32 Å². The largest absolute Gasteiger partial charge is 0.341 e. The Morgan fingerprint density at radius 2 is 1.58 bits per heavy atom. The first-order chi connectivity index (χ1) is 18.4. The highest BCUT2D eigenvalue weighted by Gasteiger charge is 2.44. The van der Waals surface area contributed by atoms with Crippen LogP contribution in [0.25, 0.3) is 0 Å². The van der Waals surface area contributed by atoms with Gasteiger partial charge in [0, 0.05) is 75.8 Å². The van der Waals surface area contributed by atoms with E-state index in [1.165, 1.54) is 37.7 Å². The summed E-state index contributed by atoms with van der Waals surface area (Å²) in [7, 11) is 0. The zero-order valence-corrected chi connectivity index (χ0v) is 23.3. The molecule has 2 amide bonds. The van der Waals surface area contributed by atoms with Gasteiger partial charge in [0.1, 0.15) is 0 Å². The average molecular weight is 537 g/mol. The molecule has 2 saturated heterocycles. The molecule has 1 saturated carbocycles. The lowest BCUT2D eigenvalue weighted by molar-refractivity contribution is -0.139. The van der Waals surface area contributed by atoms with Crippen LogP contribution in [0.4, 0.5) is 0 Å². The van der Waals surface area contributed by atoms with E-state index in [1.807, 2.05) is 29.2 Å². The van der Waals surface area contributed by atoms with E-state index in [9.17, 15) is 9.59 Å². The van der Waals surface area contributed by atoms with Crippen molar-refractivity contribution >= 4 is 23.4 Å². The van der Waals surface area contributed by atoms with Crippen molar-refractivity contribution in [3.8, 4) is 0 Å². The molecule has 0 unspecified atom stereocenters. The van der Waals surface area contributed by atoms with Crippen molar-refractivity contribution in [3.63, 3.8) is 0 Å². The quantitative estimate of drug-likeness (QED) is 0.564. The van der Waals surface area contributed by atoms with Gasteiger partial charge in [-0.05, 0) is 36.1 Å². The third-order valence-electron chi connectivity index (χ3n) is 9.05. The number of nitrogens with zero attached hydrogens (tertiary/aromatic N) is 3. The van der Waals surface area contributed by atoms with Crippen molar-refractivity contribution in [3.05, 3.63) is 70.7 Å². The second-order valence-electron chi connectivity index (χ2n) is 11.4. The van der Waals surface area contributed by atoms with Crippen molar-refractivity contribution in [2.75, 3.05) is 45.8 Å². The Hall–Kier alpha value is -2.41. The summed E-state index contributed by atoms with van der Waals surface area (Å²) in [5.74, 6) is 0.0240. The second kappa shape index (κ2) is 12.2. The Morgan fingerprint density at radius 1 is 0.895 bits per heavy atom. The number of carbonyl (C=O) groups is 2. The van der Waals surface area contributed by atoms with Crippen LogP contribution in [0.1, 0.15) is 56.1 Å². The van der Waals surface area contributed by atoms with Crippen molar-refractivity contribution < 1.29 is 9.59 Å². The summed E-state index contributed by atoms with van der Waals surface area (Å²) in [6.45, 7) is 7.89. The van der Waals surface area contributed by atoms with Crippen LogP contribution in [0.2, 0.25) is 5.02 Å². The van der Waals surface area contributed by atoms with Crippen LogP contribution in [0.3, 0.4) is 0 Å². The number of nitrogens with one attached hydrogen (secondary N) is 1. The fraction of sp³-hybridized carbons (Fsp3) is 0.548. The topological polar surface area (TPSA) is 55.9 Å². The molecule has 2 atom stereocenters. The summed E-state index contributed by atoms with van der Waals surface area (Å²) < 4.78 is 0. The molecular weight excluding hydrogens is 496 g/mol. The molecule has 0 bridgehead atoms. The SMILES string of the molecule is CC(=O)N1C[C@H](C(=O)N2CCN(C3(CNCc4ccccc4)CCCCC3)CC2)[C@@H](c2ccc(Cl)cc2)C1. The minimum Gasteiger partial charge on any atom is -0.341 e. The number of halogens is 1. The fourth-order valence-electron chi connectivity index (χ4n) is 6.84. The highest BCUT2D eigenvalue weighted by molar-refractivity contribution is 6.30. The Bertz CT molecular complexity index is 1080. The van der Waals surface area contributed by atoms with Crippen LogP contribution >= 0.6 is 11.6 Å². The highest BCUT2D eigenvalue weighted by Crippen LogP contribution is 2.37. The lowest BCUT2D eigenvalue weighted by atomic mass is 9.79. The molecule has 3 aliphatic rings. The summed E-state index contributed by atoms with van der Waals surface area (Å²) in [5.41, 5.74) is 2.58. The molecule has 7 heteroatoms. The number of hydrogen-bond donors (Lipinski definition) is 1. The molecule has 0 aromatic heterocycles. The van der Waals surface area contributed by atoms with Gasteiger partial charge in [0.05, 0.1) is 5.92 Å². The maximum atomic E-state index is 13.8. The third-order valence-corrected chi connectivity index (χ3v) is 9.30.